The van der Waals surface area contributed by atoms with Gasteiger partial charge in [0.1, 0.15) is 0 Å². The lowest BCUT2D eigenvalue weighted by Gasteiger charge is -0.413. The van der Waals surface area contributed by atoms with Crippen LogP contribution in [0.4, 0.5) is 0 Å². The lowest BCUT2D eigenvalue weighted by molar-refractivity contribution is 0.823. The SMILES string of the molecule is O.O.O.[AlH3].[AlH3].[AlH3].[Al].[Al]. The van der Waals surface area contributed by atoms with Crippen LogP contribution in [0, 0.1) is 0 Å². The summed E-state index contributed by atoms with van der Waals surface area (Å²) in [6, 6.07) is 0. The highest BCUT2D eigenvalue weighted by Gasteiger charge is 0.189. The molecule has 0 aromatic heterocycles. The molecule has 48 valence electrons. The maximum atomic E-state index is 0. The highest BCUT2D eigenvalue weighted by atomic mass is 27.0. The van der Waals surface area contributed by atoms with Crippen molar-refractivity contribution >= 4 is 86.8 Å². The summed E-state index contributed by atoms with van der Waals surface area (Å²) in [5.74, 6) is 0. The third-order valence-electron chi connectivity index (χ3n) is 0. The Bertz CT molecular complexity index is 7.64. The van der Waals surface area contributed by atoms with Crippen LogP contribution in [-0.2, 0) is 0 Å². The molecule has 6 radical (unpaired) electrons. The summed E-state index contributed by atoms with van der Waals surface area (Å²) < 4.78 is 0. The predicted octanol–water partition coefficient (Wildman–Crippen LogP) is -6.79. The van der Waals surface area contributed by atoms with E-state index < -0.39 is 0 Å². The molecule has 0 aromatic rings. The zero-order valence-corrected chi connectivity index (χ0v) is 4.96. The summed E-state index contributed by atoms with van der Waals surface area (Å²) in [6.07, 6.45) is 0. The predicted molar refractivity (Wildman–Crippen MR) is 52.2 cm³/mol. The van der Waals surface area contributed by atoms with Crippen LogP contribution in [0.25, 0.3) is 0 Å². The molecule has 0 amide bonds. The minimum atomic E-state index is 0. The van der Waals surface area contributed by atoms with Crippen molar-refractivity contribution in [2.24, 2.45) is 0 Å². The Morgan fingerprint density at radius 3 is 0.375 bits per heavy atom. The minimum Gasteiger partial charge on any atom is -0.412 e. The van der Waals surface area contributed by atoms with Crippen LogP contribution in [-0.4, -0.2) is 103 Å². The second kappa shape index (κ2) is 108. The fraction of sp³-hybridized carbons (Fsp3) is 0. The van der Waals surface area contributed by atoms with Crippen LogP contribution in [0.5, 0.6) is 0 Å². The minimum absolute atomic E-state index is 0. The molecule has 0 aliphatic rings. The zero-order chi connectivity index (χ0) is 0. The Morgan fingerprint density at radius 1 is 0.375 bits per heavy atom. The molecule has 8 heavy (non-hydrogen) atoms. The molecule has 0 rings (SSSR count). The van der Waals surface area contributed by atoms with E-state index in [9.17, 15) is 0 Å². The van der Waals surface area contributed by atoms with Crippen molar-refractivity contribution in [2.75, 3.05) is 0 Å². The Kier molecular flexibility index (Phi) is 2000. The molecular weight excluding hydrogens is 183 g/mol. The molecule has 0 unspecified atom stereocenters. The molecule has 0 bridgehead atoms. The Labute approximate surface area is 102 Å². The van der Waals surface area contributed by atoms with Crippen molar-refractivity contribution < 1.29 is 16.4 Å². The topological polar surface area (TPSA) is 94.5 Å². The molecule has 8 heteroatoms. The summed E-state index contributed by atoms with van der Waals surface area (Å²) in [7, 11) is 0. The molecule has 0 heterocycles. The molecule has 0 fully saturated rings. The first-order chi connectivity index (χ1) is 0. The van der Waals surface area contributed by atoms with Crippen molar-refractivity contribution in [3.05, 3.63) is 0 Å². The van der Waals surface area contributed by atoms with Gasteiger partial charge >= 0.3 is 0 Å². The van der Waals surface area contributed by atoms with Crippen LogP contribution in [0.15, 0.2) is 0 Å². The first kappa shape index (κ1) is 149. The molecule has 0 spiro atoms. The first-order valence-corrected chi connectivity index (χ1v) is 0. The Morgan fingerprint density at radius 2 is 0.375 bits per heavy atom. The summed E-state index contributed by atoms with van der Waals surface area (Å²) in [5.41, 5.74) is 0. The van der Waals surface area contributed by atoms with Crippen molar-refractivity contribution in [2.45, 2.75) is 0 Å². The average Bonchev–Trinajstić information content (AvgIpc) is 0. The van der Waals surface area contributed by atoms with E-state index in [0.717, 1.165) is 0 Å². The van der Waals surface area contributed by atoms with Gasteiger partial charge in [0.15, 0.2) is 52.1 Å². The summed E-state index contributed by atoms with van der Waals surface area (Å²) in [6.45, 7) is 0. The average molecular weight is 198 g/mol. The van der Waals surface area contributed by atoms with E-state index in [0.29, 0.717) is 0 Å². The van der Waals surface area contributed by atoms with Gasteiger partial charge in [0.05, 0.1) is 0 Å². The molecular formula is H15Al5O3. The van der Waals surface area contributed by atoms with Gasteiger partial charge in [-0.2, -0.15) is 0 Å². The highest BCUT2D eigenvalue weighted by molar-refractivity contribution is 5.76. The fourth-order valence-corrected chi connectivity index (χ4v) is 0. The first-order valence-electron chi connectivity index (χ1n) is 0. The second-order valence-corrected chi connectivity index (χ2v) is 0. The van der Waals surface area contributed by atoms with Gasteiger partial charge in [-0.1, -0.05) is 0 Å². The van der Waals surface area contributed by atoms with Gasteiger partial charge in [-0.25, -0.2) is 0 Å². The number of hydrogen-bond donors (Lipinski definition) is 0. The molecule has 0 aromatic carbocycles. The van der Waals surface area contributed by atoms with Crippen LogP contribution in [0.2, 0.25) is 0 Å². The lowest BCUT2D eigenvalue weighted by Crippen LogP contribution is -0.382. The Hall–Kier alpha value is 2.54. The summed E-state index contributed by atoms with van der Waals surface area (Å²) in [5, 5.41) is 0. The maximum absolute atomic E-state index is 0. The van der Waals surface area contributed by atoms with Gasteiger partial charge in [0, 0.05) is 34.7 Å². The number of hydrogen-bond acceptors (Lipinski definition) is 0. The van der Waals surface area contributed by atoms with Crippen molar-refractivity contribution in [1.82, 2.24) is 0 Å². The molecule has 0 aliphatic heterocycles. The smallest absolute Gasteiger partial charge is 0.187 e. The van der Waals surface area contributed by atoms with E-state index in [-0.39, 0.29) is 103 Å². The molecule has 6 N–H and O–H groups in total. The summed E-state index contributed by atoms with van der Waals surface area (Å²) >= 11 is 0. The standard InChI is InChI=1S/5Al.3H2O.9H/h;;;;;3*1H2;;;;;;;;;. The van der Waals surface area contributed by atoms with E-state index in [1.165, 1.54) is 0 Å². The van der Waals surface area contributed by atoms with Gasteiger partial charge in [-0.3, -0.25) is 0 Å². The van der Waals surface area contributed by atoms with E-state index in [2.05, 4.69) is 0 Å². The largest absolute Gasteiger partial charge is 0.412 e. The molecule has 0 saturated carbocycles. The van der Waals surface area contributed by atoms with Gasteiger partial charge in [-0.05, 0) is 0 Å². The second-order valence-electron chi connectivity index (χ2n) is 0. The van der Waals surface area contributed by atoms with Crippen molar-refractivity contribution in [3.63, 3.8) is 0 Å². The van der Waals surface area contributed by atoms with Crippen LogP contribution in [0.3, 0.4) is 0 Å². The zero-order valence-electron chi connectivity index (χ0n) is 2.65. The summed E-state index contributed by atoms with van der Waals surface area (Å²) in [4.78, 5) is 0. The lowest BCUT2D eigenvalue weighted by atomic mass is 16.0. The molecule has 0 atom stereocenters. The highest BCUT2D eigenvalue weighted by Crippen LogP contribution is -0.287. The third-order valence-corrected chi connectivity index (χ3v) is 0. The van der Waals surface area contributed by atoms with E-state index in [1.54, 1.807) is 0 Å². The van der Waals surface area contributed by atoms with E-state index >= 15 is 0 Å². The van der Waals surface area contributed by atoms with Crippen LogP contribution in [0.1, 0.15) is 0 Å². The third kappa shape index (κ3) is 75.2. The van der Waals surface area contributed by atoms with Gasteiger partial charge in [0.2, 0.25) is 0 Å². The Balaban J connectivity index is 0. The quantitative estimate of drug-likeness (QED) is 0.346. The van der Waals surface area contributed by atoms with E-state index in [1.807, 2.05) is 0 Å². The normalized spacial score (nSPS) is 0. The molecule has 3 nitrogen and oxygen atoms in total. The monoisotopic (exact) mass is 198 g/mol. The van der Waals surface area contributed by atoms with Crippen molar-refractivity contribution in [1.29, 1.82) is 0 Å². The van der Waals surface area contributed by atoms with Gasteiger partial charge in [-0.15, -0.1) is 0 Å². The fourth-order valence-electron chi connectivity index (χ4n) is 0. The van der Waals surface area contributed by atoms with Crippen LogP contribution >= 0.6 is 0 Å². The van der Waals surface area contributed by atoms with Gasteiger partial charge in [0.25, 0.3) is 0 Å². The molecule has 0 saturated heterocycles. The molecule has 0 aliphatic carbocycles. The van der Waals surface area contributed by atoms with Crippen molar-refractivity contribution in [3.8, 4) is 0 Å². The maximum Gasteiger partial charge on any atom is 0.187 e. The van der Waals surface area contributed by atoms with Crippen LogP contribution < -0.4 is 0 Å². The van der Waals surface area contributed by atoms with E-state index in [4.69, 9.17) is 0 Å². The van der Waals surface area contributed by atoms with Gasteiger partial charge < -0.3 is 16.4 Å². The number of rotatable bonds is 0.